The summed E-state index contributed by atoms with van der Waals surface area (Å²) in [7, 11) is 0. The minimum Gasteiger partial charge on any atom is -0.492 e. The van der Waals surface area contributed by atoms with Crippen LogP contribution in [0.15, 0.2) is 18.2 Å². The zero-order valence-corrected chi connectivity index (χ0v) is 12.9. The van der Waals surface area contributed by atoms with Gasteiger partial charge < -0.3 is 15.2 Å². The highest BCUT2D eigenvalue weighted by molar-refractivity contribution is 6.32. The molecule has 1 aliphatic heterocycles. The number of hydrogen-bond donors (Lipinski definition) is 1. The van der Waals surface area contributed by atoms with Crippen molar-refractivity contribution in [1.29, 1.82) is 0 Å². The van der Waals surface area contributed by atoms with Crippen LogP contribution in [-0.4, -0.2) is 25.4 Å². The molecule has 1 saturated heterocycles. The van der Waals surface area contributed by atoms with Gasteiger partial charge in [-0.25, -0.2) is 0 Å². The van der Waals surface area contributed by atoms with Gasteiger partial charge in [-0.1, -0.05) is 23.7 Å². The average molecular weight is 298 g/mol. The summed E-state index contributed by atoms with van der Waals surface area (Å²) in [6, 6.07) is 5.94. The Morgan fingerprint density at radius 1 is 1.50 bits per heavy atom. The Labute approximate surface area is 126 Å². The Morgan fingerprint density at radius 3 is 3.05 bits per heavy atom. The quantitative estimate of drug-likeness (QED) is 0.783. The van der Waals surface area contributed by atoms with Crippen LogP contribution >= 0.6 is 11.6 Å². The molecule has 2 unspecified atom stereocenters. The van der Waals surface area contributed by atoms with Gasteiger partial charge in [0.25, 0.3) is 0 Å². The van der Waals surface area contributed by atoms with Crippen LogP contribution in [-0.2, 0) is 11.2 Å². The van der Waals surface area contributed by atoms with E-state index in [9.17, 15) is 0 Å². The van der Waals surface area contributed by atoms with E-state index >= 15 is 0 Å². The first kappa shape index (κ1) is 15.6. The van der Waals surface area contributed by atoms with Crippen molar-refractivity contribution in [1.82, 2.24) is 0 Å². The molecule has 1 aromatic carbocycles. The van der Waals surface area contributed by atoms with Crippen LogP contribution < -0.4 is 10.5 Å². The maximum absolute atomic E-state index is 6.23. The molecule has 0 aliphatic carbocycles. The molecule has 0 aromatic heterocycles. The fourth-order valence-corrected chi connectivity index (χ4v) is 2.83. The molecule has 1 fully saturated rings. The third-order valence-electron chi connectivity index (χ3n) is 3.53. The Bertz CT molecular complexity index is 417. The van der Waals surface area contributed by atoms with E-state index in [2.05, 4.69) is 0 Å². The SMILES string of the molecule is CC(N)Cc1cccc(Cl)c1OCCCC1CCCO1. The molecule has 2 atom stereocenters. The fourth-order valence-electron chi connectivity index (χ4n) is 2.58. The van der Waals surface area contributed by atoms with Gasteiger partial charge in [0.15, 0.2) is 0 Å². The first-order valence-corrected chi connectivity index (χ1v) is 7.82. The number of benzene rings is 1. The lowest BCUT2D eigenvalue weighted by Crippen LogP contribution is -2.18. The summed E-state index contributed by atoms with van der Waals surface area (Å²) in [4.78, 5) is 0. The topological polar surface area (TPSA) is 44.5 Å². The minimum atomic E-state index is 0.0997. The summed E-state index contributed by atoms with van der Waals surface area (Å²) < 4.78 is 11.5. The Balaban J connectivity index is 1.84. The molecule has 1 aliphatic rings. The van der Waals surface area contributed by atoms with Gasteiger partial charge in [-0.05, 0) is 50.7 Å². The predicted molar refractivity (Wildman–Crippen MR) is 82.5 cm³/mol. The van der Waals surface area contributed by atoms with Crippen molar-refractivity contribution in [3.05, 3.63) is 28.8 Å². The third kappa shape index (κ3) is 4.65. The largest absolute Gasteiger partial charge is 0.492 e. The van der Waals surface area contributed by atoms with Gasteiger partial charge in [-0.15, -0.1) is 0 Å². The molecule has 0 spiro atoms. The van der Waals surface area contributed by atoms with Crippen molar-refractivity contribution in [2.24, 2.45) is 5.73 Å². The number of nitrogens with two attached hydrogens (primary N) is 1. The van der Waals surface area contributed by atoms with Gasteiger partial charge in [0.2, 0.25) is 0 Å². The highest BCUT2D eigenvalue weighted by Crippen LogP contribution is 2.30. The predicted octanol–water partition coefficient (Wildman–Crippen LogP) is 3.57. The highest BCUT2D eigenvalue weighted by atomic mass is 35.5. The van der Waals surface area contributed by atoms with Crippen molar-refractivity contribution in [3.63, 3.8) is 0 Å². The second kappa shape index (κ2) is 7.87. The molecule has 2 N–H and O–H groups in total. The van der Waals surface area contributed by atoms with Crippen molar-refractivity contribution >= 4 is 11.6 Å². The van der Waals surface area contributed by atoms with Gasteiger partial charge in [-0.2, -0.15) is 0 Å². The number of rotatable bonds is 7. The maximum atomic E-state index is 6.23. The first-order valence-electron chi connectivity index (χ1n) is 7.44. The average Bonchev–Trinajstić information content (AvgIpc) is 2.89. The van der Waals surface area contributed by atoms with E-state index in [4.69, 9.17) is 26.8 Å². The fraction of sp³-hybridized carbons (Fsp3) is 0.625. The van der Waals surface area contributed by atoms with Crippen LogP contribution in [0.5, 0.6) is 5.75 Å². The second-order valence-electron chi connectivity index (χ2n) is 5.54. The van der Waals surface area contributed by atoms with Crippen LogP contribution in [0, 0.1) is 0 Å². The summed E-state index contributed by atoms with van der Waals surface area (Å²) in [5, 5.41) is 0.667. The van der Waals surface area contributed by atoms with Gasteiger partial charge >= 0.3 is 0 Å². The molecule has 2 rings (SSSR count). The smallest absolute Gasteiger partial charge is 0.141 e. The van der Waals surface area contributed by atoms with E-state index < -0.39 is 0 Å². The second-order valence-corrected chi connectivity index (χ2v) is 5.94. The van der Waals surface area contributed by atoms with Crippen molar-refractivity contribution < 1.29 is 9.47 Å². The van der Waals surface area contributed by atoms with E-state index in [0.29, 0.717) is 17.7 Å². The van der Waals surface area contributed by atoms with Crippen LogP contribution in [0.4, 0.5) is 0 Å². The molecule has 0 saturated carbocycles. The molecular weight excluding hydrogens is 274 g/mol. The Kier molecular flexibility index (Phi) is 6.14. The number of ether oxygens (including phenoxy) is 2. The highest BCUT2D eigenvalue weighted by Gasteiger charge is 2.15. The zero-order valence-electron chi connectivity index (χ0n) is 12.1. The molecule has 0 amide bonds. The van der Waals surface area contributed by atoms with Crippen LogP contribution in [0.2, 0.25) is 5.02 Å². The maximum Gasteiger partial charge on any atom is 0.141 e. The van der Waals surface area contributed by atoms with E-state index in [0.717, 1.165) is 37.2 Å². The van der Waals surface area contributed by atoms with Gasteiger partial charge in [0, 0.05) is 12.6 Å². The summed E-state index contributed by atoms with van der Waals surface area (Å²) >= 11 is 6.23. The molecule has 0 bridgehead atoms. The van der Waals surface area contributed by atoms with Gasteiger partial charge in [0.1, 0.15) is 5.75 Å². The number of para-hydroxylation sites is 1. The van der Waals surface area contributed by atoms with E-state index in [1.165, 1.54) is 12.8 Å². The molecule has 3 nitrogen and oxygen atoms in total. The number of halogens is 1. The summed E-state index contributed by atoms with van der Waals surface area (Å²) in [5.74, 6) is 0.791. The standard InChI is InChI=1S/C16H24ClNO2/c1-12(18)11-13-5-2-8-15(17)16(13)20-10-4-7-14-6-3-9-19-14/h2,5,8,12,14H,3-4,6-7,9-11,18H2,1H3. The normalized spacial score (nSPS) is 20.1. The van der Waals surface area contributed by atoms with Crippen molar-refractivity contribution in [2.75, 3.05) is 13.2 Å². The molecular formula is C16H24ClNO2. The van der Waals surface area contributed by atoms with E-state index in [1.807, 2.05) is 25.1 Å². The first-order chi connectivity index (χ1) is 9.66. The van der Waals surface area contributed by atoms with Crippen molar-refractivity contribution in [3.8, 4) is 5.75 Å². The Hall–Kier alpha value is -0.770. The lowest BCUT2D eigenvalue weighted by atomic mass is 10.1. The molecule has 0 radical (unpaired) electrons. The van der Waals surface area contributed by atoms with Gasteiger partial charge in [-0.3, -0.25) is 0 Å². The molecule has 1 aromatic rings. The third-order valence-corrected chi connectivity index (χ3v) is 3.83. The Morgan fingerprint density at radius 2 is 2.35 bits per heavy atom. The monoisotopic (exact) mass is 297 g/mol. The lowest BCUT2D eigenvalue weighted by Gasteiger charge is -2.15. The number of hydrogen-bond acceptors (Lipinski definition) is 3. The van der Waals surface area contributed by atoms with Crippen LogP contribution in [0.1, 0.15) is 38.2 Å². The minimum absolute atomic E-state index is 0.0997. The zero-order chi connectivity index (χ0) is 14.4. The van der Waals surface area contributed by atoms with Crippen LogP contribution in [0.25, 0.3) is 0 Å². The summed E-state index contributed by atoms with van der Waals surface area (Å²) in [6.07, 6.45) is 5.63. The molecule has 1 heterocycles. The lowest BCUT2D eigenvalue weighted by molar-refractivity contribution is 0.0981. The molecule has 4 heteroatoms. The van der Waals surface area contributed by atoms with E-state index in [1.54, 1.807) is 0 Å². The van der Waals surface area contributed by atoms with Crippen molar-refractivity contribution in [2.45, 2.75) is 51.2 Å². The van der Waals surface area contributed by atoms with Gasteiger partial charge in [0.05, 0.1) is 17.7 Å². The van der Waals surface area contributed by atoms with Crippen LogP contribution in [0.3, 0.4) is 0 Å². The summed E-state index contributed by atoms with van der Waals surface area (Å²) in [6.45, 7) is 3.58. The molecule has 112 valence electrons. The summed E-state index contributed by atoms with van der Waals surface area (Å²) in [5.41, 5.74) is 6.95. The molecule has 20 heavy (non-hydrogen) atoms. The van der Waals surface area contributed by atoms with E-state index in [-0.39, 0.29) is 6.04 Å².